The predicted molar refractivity (Wildman–Crippen MR) is 66.2 cm³/mol. The highest BCUT2D eigenvalue weighted by Gasteiger charge is 2.14. The van der Waals surface area contributed by atoms with Gasteiger partial charge in [0.2, 0.25) is 0 Å². The topological polar surface area (TPSA) is 43.8 Å². The number of halogens is 2. The molecule has 0 radical (unpaired) electrons. The lowest BCUT2D eigenvalue weighted by atomic mass is 10.0. The fraction of sp³-hybridized carbons (Fsp3) is 0.250. The highest BCUT2D eigenvalue weighted by molar-refractivity contribution is 6.31. The zero-order valence-electron chi connectivity index (χ0n) is 9.67. The molecule has 1 aromatic heterocycles. The van der Waals surface area contributed by atoms with Gasteiger partial charge in [0.1, 0.15) is 5.82 Å². The van der Waals surface area contributed by atoms with E-state index in [0.29, 0.717) is 6.54 Å². The molecule has 0 aliphatic rings. The molecule has 2 N–H and O–H groups in total. The standard InChI is InChI=1S/C12H13ClFN3/c1-7-12(11(6-15)17(2)16-7)8-3-4-10(14)9(13)5-8/h3-5H,6,15H2,1-2H3. The fourth-order valence-corrected chi connectivity index (χ4v) is 2.15. The molecule has 3 nitrogen and oxygen atoms in total. The highest BCUT2D eigenvalue weighted by atomic mass is 35.5. The molecule has 5 heteroatoms. The van der Waals surface area contributed by atoms with Gasteiger partial charge in [-0.2, -0.15) is 5.10 Å². The first-order valence-electron chi connectivity index (χ1n) is 5.22. The van der Waals surface area contributed by atoms with Gasteiger partial charge in [-0.3, -0.25) is 4.68 Å². The Bertz CT molecular complexity index is 563. The Kier molecular flexibility index (Phi) is 3.17. The van der Waals surface area contributed by atoms with Crippen molar-refractivity contribution in [3.63, 3.8) is 0 Å². The number of hydrogen-bond donors (Lipinski definition) is 1. The molecule has 90 valence electrons. The summed E-state index contributed by atoms with van der Waals surface area (Å²) in [5.41, 5.74) is 9.23. The molecule has 0 fully saturated rings. The van der Waals surface area contributed by atoms with Gasteiger partial charge < -0.3 is 5.73 Å². The first-order chi connectivity index (χ1) is 8.04. The van der Waals surface area contributed by atoms with Crippen LogP contribution in [-0.4, -0.2) is 9.78 Å². The third-order valence-electron chi connectivity index (χ3n) is 2.74. The van der Waals surface area contributed by atoms with Crippen LogP contribution in [0.3, 0.4) is 0 Å². The number of nitrogens with two attached hydrogens (primary N) is 1. The van der Waals surface area contributed by atoms with E-state index < -0.39 is 5.82 Å². The monoisotopic (exact) mass is 253 g/mol. The highest BCUT2D eigenvalue weighted by Crippen LogP contribution is 2.29. The Morgan fingerprint density at radius 2 is 2.18 bits per heavy atom. The first kappa shape index (κ1) is 12.1. The van der Waals surface area contributed by atoms with Crippen molar-refractivity contribution in [2.75, 3.05) is 0 Å². The Hall–Kier alpha value is -1.39. The van der Waals surface area contributed by atoms with E-state index in [1.54, 1.807) is 16.8 Å². The van der Waals surface area contributed by atoms with Crippen LogP contribution in [0.5, 0.6) is 0 Å². The number of hydrogen-bond acceptors (Lipinski definition) is 2. The summed E-state index contributed by atoms with van der Waals surface area (Å²) in [6.07, 6.45) is 0. The van der Waals surface area contributed by atoms with E-state index in [-0.39, 0.29) is 5.02 Å². The van der Waals surface area contributed by atoms with E-state index >= 15 is 0 Å². The Morgan fingerprint density at radius 1 is 1.47 bits per heavy atom. The normalized spacial score (nSPS) is 10.9. The van der Waals surface area contributed by atoms with Gasteiger partial charge in [-0.15, -0.1) is 0 Å². The zero-order chi connectivity index (χ0) is 12.6. The molecule has 0 aliphatic heterocycles. The van der Waals surface area contributed by atoms with Crippen LogP contribution < -0.4 is 5.73 Å². The number of rotatable bonds is 2. The number of benzene rings is 1. The molecule has 0 amide bonds. The van der Waals surface area contributed by atoms with E-state index in [0.717, 1.165) is 22.5 Å². The fourth-order valence-electron chi connectivity index (χ4n) is 1.97. The van der Waals surface area contributed by atoms with Crippen molar-refractivity contribution in [1.82, 2.24) is 9.78 Å². The van der Waals surface area contributed by atoms with Gasteiger partial charge in [-0.25, -0.2) is 4.39 Å². The van der Waals surface area contributed by atoms with E-state index in [1.807, 2.05) is 14.0 Å². The Morgan fingerprint density at radius 3 is 2.76 bits per heavy atom. The van der Waals surface area contributed by atoms with E-state index in [4.69, 9.17) is 17.3 Å². The van der Waals surface area contributed by atoms with Crippen molar-refractivity contribution < 1.29 is 4.39 Å². The van der Waals surface area contributed by atoms with Crippen LogP contribution >= 0.6 is 11.6 Å². The lowest BCUT2D eigenvalue weighted by Crippen LogP contribution is -2.05. The van der Waals surface area contributed by atoms with Gasteiger partial charge >= 0.3 is 0 Å². The maximum Gasteiger partial charge on any atom is 0.141 e. The molecular weight excluding hydrogens is 241 g/mol. The molecule has 1 heterocycles. The minimum atomic E-state index is -0.425. The summed E-state index contributed by atoms with van der Waals surface area (Å²) in [6, 6.07) is 4.63. The van der Waals surface area contributed by atoms with Crippen LogP contribution in [0.1, 0.15) is 11.4 Å². The average Bonchev–Trinajstić information content (AvgIpc) is 2.57. The minimum absolute atomic E-state index is 0.105. The summed E-state index contributed by atoms with van der Waals surface area (Å²) in [4.78, 5) is 0. The van der Waals surface area contributed by atoms with Crippen molar-refractivity contribution in [2.24, 2.45) is 12.8 Å². The van der Waals surface area contributed by atoms with Crippen LogP contribution in [-0.2, 0) is 13.6 Å². The van der Waals surface area contributed by atoms with Gasteiger partial charge in [0.15, 0.2) is 0 Å². The van der Waals surface area contributed by atoms with Crippen molar-refractivity contribution in [2.45, 2.75) is 13.5 Å². The maximum absolute atomic E-state index is 13.1. The maximum atomic E-state index is 13.1. The van der Waals surface area contributed by atoms with Gasteiger partial charge in [-0.1, -0.05) is 17.7 Å². The third-order valence-corrected chi connectivity index (χ3v) is 3.03. The summed E-state index contributed by atoms with van der Waals surface area (Å²) in [5.74, 6) is -0.425. The lowest BCUT2D eigenvalue weighted by Gasteiger charge is -2.05. The van der Waals surface area contributed by atoms with Crippen molar-refractivity contribution in [3.8, 4) is 11.1 Å². The molecule has 17 heavy (non-hydrogen) atoms. The first-order valence-corrected chi connectivity index (χ1v) is 5.60. The molecule has 0 unspecified atom stereocenters. The van der Waals surface area contributed by atoms with E-state index in [9.17, 15) is 4.39 Å². The second kappa shape index (κ2) is 4.47. The van der Waals surface area contributed by atoms with Crippen LogP contribution in [0.15, 0.2) is 18.2 Å². The van der Waals surface area contributed by atoms with Gasteiger partial charge in [0, 0.05) is 19.2 Å². The molecule has 0 aliphatic carbocycles. The molecule has 2 rings (SSSR count). The molecule has 2 aromatic rings. The van der Waals surface area contributed by atoms with Crippen molar-refractivity contribution in [3.05, 3.63) is 40.4 Å². The second-order valence-corrected chi connectivity index (χ2v) is 4.27. The quantitative estimate of drug-likeness (QED) is 0.894. The number of aromatic nitrogens is 2. The average molecular weight is 254 g/mol. The number of aryl methyl sites for hydroxylation is 2. The SMILES string of the molecule is Cc1nn(C)c(CN)c1-c1ccc(F)c(Cl)c1. The Labute approximate surface area is 104 Å². The number of nitrogens with zero attached hydrogens (tertiary/aromatic N) is 2. The molecule has 1 aromatic carbocycles. The molecule has 0 saturated heterocycles. The minimum Gasteiger partial charge on any atom is -0.325 e. The zero-order valence-corrected chi connectivity index (χ0v) is 10.4. The summed E-state index contributed by atoms with van der Waals surface area (Å²) in [7, 11) is 1.84. The van der Waals surface area contributed by atoms with E-state index in [1.165, 1.54) is 6.07 Å². The van der Waals surface area contributed by atoms with Gasteiger partial charge in [0.05, 0.1) is 16.4 Å². The van der Waals surface area contributed by atoms with Crippen molar-refractivity contribution in [1.29, 1.82) is 0 Å². The smallest absolute Gasteiger partial charge is 0.141 e. The molecule has 0 atom stereocenters. The largest absolute Gasteiger partial charge is 0.325 e. The van der Waals surface area contributed by atoms with Crippen LogP contribution in [0, 0.1) is 12.7 Å². The summed E-state index contributed by atoms with van der Waals surface area (Å²) in [5, 5.41) is 4.42. The molecule has 0 spiro atoms. The van der Waals surface area contributed by atoms with Crippen LogP contribution in [0.25, 0.3) is 11.1 Å². The molecule has 0 bridgehead atoms. The Balaban J connectivity index is 2.63. The predicted octanol–water partition coefficient (Wildman–Crippen LogP) is 2.65. The molecule has 0 saturated carbocycles. The molecular formula is C12H13ClFN3. The summed E-state index contributed by atoms with van der Waals surface area (Å²) >= 11 is 5.78. The second-order valence-electron chi connectivity index (χ2n) is 3.86. The third kappa shape index (κ3) is 2.06. The lowest BCUT2D eigenvalue weighted by molar-refractivity contribution is 0.628. The van der Waals surface area contributed by atoms with Crippen LogP contribution in [0.4, 0.5) is 4.39 Å². The van der Waals surface area contributed by atoms with Crippen LogP contribution in [0.2, 0.25) is 5.02 Å². The summed E-state index contributed by atoms with van der Waals surface area (Å²) < 4.78 is 14.9. The summed E-state index contributed by atoms with van der Waals surface area (Å²) in [6.45, 7) is 2.27. The van der Waals surface area contributed by atoms with Gasteiger partial charge in [0.25, 0.3) is 0 Å². The van der Waals surface area contributed by atoms with Gasteiger partial charge in [-0.05, 0) is 24.6 Å². The van der Waals surface area contributed by atoms with Crippen molar-refractivity contribution >= 4 is 11.6 Å². The van der Waals surface area contributed by atoms with E-state index in [2.05, 4.69) is 5.10 Å².